The van der Waals surface area contributed by atoms with Gasteiger partial charge in [0.05, 0.1) is 34.1 Å². The first-order chi connectivity index (χ1) is 14.1. The highest BCUT2D eigenvalue weighted by Crippen LogP contribution is 2.41. The Hall–Kier alpha value is -1.87. The van der Waals surface area contributed by atoms with E-state index in [1.54, 1.807) is 13.2 Å². The average molecular weight is 443 g/mol. The molecule has 1 aromatic heterocycles. The van der Waals surface area contributed by atoms with E-state index in [-0.39, 0.29) is 24.2 Å². The molecule has 4 rings (SSSR count). The lowest BCUT2D eigenvalue weighted by Crippen LogP contribution is -2.24. The highest BCUT2D eigenvalue weighted by Gasteiger charge is 2.43. The quantitative estimate of drug-likeness (QED) is 0.670. The minimum atomic E-state index is -4.78. The molecule has 1 aromatic carbocycles. The maximum atomic E-state index is 13.8. The van der Waals surface area contributed by atoms with Crippen LogP contribution in [0, 0.1) is 0 Å². The predicted molar refractivity (Wildman–Crippen MR) is 106 cm³/mol. The lowest BCUT2D eigenvalue weighted by atomic mass is 10.1. The van der Waals surface area contributed by atoms with Gasteiger partial charge in [0.1, 0.15) is 0 Å². The molecule has 0 spiro atoms. The normalized spacial score (nSPS) is 23.3. The van der Waals surface area contributed by atoms with Gasteiger partial charge in [0, 0.05) is 18.8 Å². The molecule has 2 unspecified atom stereocenters. The summed E-state index contributed by atoms with van der Waals surface area (Å²) in [5.74, 6) is 0. The van der Waals surface area contributed by atoms with E-state index >= 15 is 0 Å². The second kappa shape index (κ2) is 8.00. The van der Waals surface area contributed by atoms with Crippen LogP contribution in [0.25, 0.3) is 11.1 Å². The number of halogens is 3. The first-order valence-corrected chi connectivity index (χ1v) is 11.8. The number of nitrogens with zero attached hydrogens (tertiary/aromatic N) is 2. The summed E-state index contributed by atoms with van der Waals surface area (Å²) in [6.45, 7) is 0. The zero-order chi connectivity index (χ0) is 21.5. The summed E-state index contributed by atoms with van der Waals surface area (Å²) in [5.41, 5.74) is -0.343. The lowest BCUT2D eigenvalue weighted by molar-refractivity contribution is -0.139. The Balaban J connectivity index is 1.61. The number of alkyl halides is 3. The Morgan fingerprint density at radius 1 is 1.07 bits per heavy atom. The van der Waals surface area contributed by atoms with Crippen molar-refractivity contribution in [3.05, 3.63) is 36.2 Å². The van der Waals surface area contributed by atoms with Gasteiger partial charge >= 0.3 is 6.18 Å². The Labute approximate surface area is 174 Å². The third-order valence-corrected chi connectivity index (χ3v) is 8.37. The fourth-order valence-electron chi connectivity index (χ4n) is 4.53. The lowest BCUT2D eigenvalue weighted by Gasteiger charge is -2.19. The topological polar surface area (TPSA) is 61.2 Å². The number of sulfone groups is 1. The van der Waals surface area contributed by atoms with Gasteiger partial charge in [-0.2, -0.15) is 18.3 Å². The maximum absolute atomic E-state index is 13.8. The summed E-state index contributed by atoms with van der Waals surface area (Å²) in [7, 11) is -2.47. The van der Waals surface area contributed by atoms with E-state index in [1.807, 2.05) is 0 Å². The Morgan fingerprint density at radius 2 is 1.80 bits per heavy atom. The standard InChI is InChI=1S/C21H25F3N2O3S/c1-26-13-15(12-25-26)14-6-9-20(19(10-14)21(22,23)24)30(27,28)18-8-7-17(11-18)29-16-4-2-3-5-16/h6,9-10,12-13,16-18H,2-5,7-8,11H2,1H3. The Bertz CT molecular complexity index is 1010. The van der Waals surface area contributed by atoms with Gasteiger partial charge in [-0.05, 0) is 49.8 Å². The summed E-state index contributed by atoms with van der Waals surface area (Å²) in [6.07, 6.45) is 3.52. The molecule has 0 amide bonds. The number of benzene rings is 1. The molecular formula is C21H25F3N2O3S. The van der Waals surface area contributed by atoms with E-state index in [1.165, 1.54) is 16.9 Å². The molecule has 2 atom stereocenters. The van der Waals surface area contributed by atoms with E-state index in [0.717, 1.165) is 37.8 Å². The number of aromatic nitrogens is 2. The molecule has 5 nitrogen and oxygen atoms in total. The van der Waals surface area contributed by atoms with E-state index in [9.17, 15) is 21.6 Å². The molecule has 2 aliphatic carbocycles. The summed E-state index contributed by atoms with van der Waals surface area (Å²) < 4.78 is 75.2. The minimum Gasteiger partial charge on any atom is -0.375 e. The summed E-state index contributed by atoms with van der Waals surface area (Å²) >= 11 is 0. The Kier molecular flexibility index (Phi) is 5.69. The smallest absolute Gasteiger partial charge is 0.375 e. The van der Waals surface area contributed by atoms with Crippen LogP contribution in [0.3, 0.4) is 0 Å². The third-order valence-electron chi connectivity index (χ3n) is 6.09. The van der Waals surface area contributed by atoms with Gasteiger partial charge in [0.15, 0.2) is 9.84 Å². The molecule has 0 saturated heterocycles. The van der Waals surface area contributed by atoms with Crippen LogP contribution in [0.5, 0.6) is 0 Å². The largest absolute Gasteiger partial charge is 0.417 e. The molecule has 0 aliphatic heterocycles. The van der Waals surface area contributed by atoms with E-state index in [2.05, 4.69) is 5.10 Å². The van der Waals surface area contributed by atoms with Crippen LogP contribution in [-0.2, 0) is 27.8 Å². The fourth-order valence-corrected chi connectivity index (χ4v) is 6.54. The summed E-state index contributed by atoms with van der Waals surface area (Å²) in [4.78, 5) is -0.644. The second-order valence-corrected chi connectivity index (χ2v) is 10.5. The highest BCUT2D eigenvalue weighted by molar-refractivity contribution is 7.92. The number of hydrogen-bond donors (Lipinski definition) is 0. The summed E-state index contributed by atoms with van der Waals surface area (Å²) in [6, 6.07) is 3.41. The Morgan fingerprint density at radius 3 is 2.43 bits per heavy atom. The van der Waals surface area contributed by atoms with E-state index < -0.39 is 31.7 Å². The first kappa shape index (κ1) is 21.4. The van der Waals surface area contributed by atoms with Crippen molar-refractivity contribution in [1.29, 1.82) is 0 Å². The van der Waals surface area contributed by atoms with Gasteiger partial charge < -0.3 is 4.74 Å². The zero-order valence-corrected chi connectivity index (χ0v) is 17.5. The van der Waals surface area contributed by atoms with Crippen LogP contribution in [0.2, 0.25) is 0 Å². The van der Waals surface area contributed by atoms with Crippen LogP contribution in [0.4, 0.5) is 13.2 Å². The van der Waals surface area contributed by atoms with E-state index in [4.69, 9.17) is 4.74 Å². The van der Waals surface area contributed by atoms with Gasteiger partial charge in [0.2, 0.25) is 0 Å². The van der Waals surface area contributed by atoms with Crippen molar-refractivity contribution < 1.29 is 26.3 Å². The zero-order valence-electron chi connectivity index (χ0n) is 16.7. The van der Waals surface area contributed by atoms with Gasteiger partial charge in [-0.1, -0.05) is 18.9 Å². The monoisotopic (exact) mass is 442 g/mol. The van der Waals surface area contributed by atoms with Crippen LogP contribution in [-0.4, -0.2) is 35.7 Å². The van der Waals surface area contributed by atoms with Gasteiger partial charge in [-0.3, -0.25) is 4.68 Å². The predicted octanol–water partition coefficient (Wildman–Crippen LogP) is 4.76. The molecule has 1 heterocycles. The maximum Gasteiger partial charge on any atom is 0.417 e. The van der Waals surface area contributed by atoms with E-state index in [0.29, 0.717) is 18.4 Å². The minimum absolute atomic E-state index is 0.154. The SMILES string of the molecule is Cn1cc(-c2ccc(S(=O)(=O)C3CCC(OC4CCCC4)C3)c(C(F)(F)F)c2)cn1. The van der Waals surface area contributed by atoms with Crippen LogP contribution in [0.1, 0.15) is 50.5 Å². The molecule has 2 aliphatic rings. The molecule has 9 heteroatoms. The first-order valence-electron chi connectivity index (χ1n) is 10.2. The van der Waals surface area contributed by atoms with Crippen molar-refractivity contribution in [2.24, 2.45) is 7.05 Å². The van der Waals surface area contributed by atoms with Gasteiger partial charge in [-0.15, -0.1) is 0 Å². The molecule has 164 valence electrons. The van der Waals surface area contributed by atoms with Crippen molar-refractivity contribution in [2.75, 3.05) is 0 Å². The number of ether oxygens (including phenoxy) is 1. The molecule has 0 radical (unpaired) electrons. The fraction of sp³-hybridized carbons (Fsp3) is 0.571. The summed E-state index contributed by atoms with van der Waals surface area (Å²) in [5, 5.41) is 3.12. The molecule has 30 heavy (non-hydrogen) atoms. The van der Waals surface area contributed by atoms with Crippen molar-refractivity contribution in [3.8, 4) is 11.1 Å². The molecule has 0 bridgehead atoms. The van der Waals surface area contributed by atoms with Crippen molar-refractivity contribution >= 4 is 9.84 Å². The van der Waals surface area contributed by atoms with Gasteiger partial charge in [0.25, 0.3) is 0 Å². The van der Waals surface area contributed by atoms with Gasteiger partial charge in [-0.25, -0.2) is 8.42 Å². The molecule has 2 aromatic rings. The molecule has 2 saturated carbocycles. The van der Waals surface area contributed by atoms with Crippen molar-refractivity contribution in [3.63, 3.8) is 0 Å². The van der Waals surface area contributed by atoms with Crippen LogP contribution in [0.15, 0.2) is 35.5 Å². The van der Waals surface area contributed by atoms with Crippen LogP contribution < -0.4 is 0 Å². The molecular weight excluding hydrogens is 417 g/mol. The van der Waals surface area contributed by atoms with Crippen LogP contribution >= 0.6 is 0 Å². The average Bonchev–Trinajstić information content (AvgIpc) is 3.43. The highest BCUT2D eigenvalue weighted by atomic mass is 32.2. The molecule has 2 fully saturated rings. The number of hydrogen-bond acceptors (Lipinski definition) is 4. The molecule has 0 N–H and O–H groups in total. The van der Waals surface area contributed by atoms with Crippen molar-refractivity contribution in [1.82, 2.24) is 9.78 Å². The third kappa shape index (κ3) is 4.27. The number of aryl methyl sites for hydroxylation is 1. The van der Waals surface area contributed by atoms with Crippen molar-refractivity contribution in [2.45, 2.75) is 73.5 Å². The second-order valence-electron chi connectivity index (χ2n) is 8.26. The number of rotatable bonds is 5.